The summed E-state index contributed by atoms with van der Waals surface area (Å²) in [5.41, 5.74) is 8.22. The molecule has 0 aromatic heterocycles. The van der Waals surface area contributed by atoms with E-state index in [-0.39, 0.29) is 0 Å². The molecule has 1 fully saturated rings. The highest BCUT2D eigenvalue weighted by atomic mass is 15.2. The Morgan fingerprint density at radius 3 is 2.61 bits per heavy atom. The summed E-state index contributed by atoms with van der Waals surface area (Å²) in [6.45, 7) is 7.08. The quantitative estimate of drug-likeness (QED) is 0.748. The Labute approximate surface area is 111 Å². The van der Waals surface area contributed by atoms with E-state index in [1.54, 1.807) is 0 Å². The lowest BCUT2D eigenvalue weighted by atomic mass is 10.1. The molecule has 2 N–H and O–H groups in total. The first-order valence-electron chi connectivity index (χ1n) is 7.24. The lowest BCUT2D eigenvalue weighted by molar-refractivity contribution is 0.232. The molecule has 1 aliphatic rings. The van der Waals surface area contributed by atoms with Gasteiger partial charge in [0.25, 0.3) is 0 Å². The Morgan fingerprint density at radius 1 is 1.28 bits per heavy atom. The smallest absolute Gasteiger partial charge is 0.0346 e. The SMILES string of the molecule is CC(C)CN(CCCc1ccccc1N)C1CC1. The van der Waals surface area contributed by atoms with Crippen molar-refractivity contribution >= 4 is 5.69 Å². The van der Waals surface area contributed by atoms with Gasteiger partial charge in [0, 0.05) is 18.3 Å². The summed E-state index contributed by atoms with van der Waals surface area (Å²) < 4.78 is 0. The summed E-state index contributed by atoms with van der Waals surface area (Å²) in [7, 11) is 0. The van der Waals surface area contributed by atoms with Crippen LogP contribution in [0, 0.1) is 5.92 Å². The molecule has 0 amide bonds. The first-order chi connectivity index (χ1) is 8.66. The third kappa shape index (κ3) is 4.02. The molecule has 0 bridgehead atoms. The van der Waals surface area contributed by atoms with Gasteiger partial charge in [0.1, 0.15) is 0 Å². The van der Waals surface area contributed by atoms with Gasteiger partial charge in [-0.05, 0) is 49.8 Å². The van der Waals surface area contributed by atoms with Gasteiger partial charge in [-0.3, -0.25) is 0 Å². The van der Waals surface area contributed by atoms with E-state index in [1.165, 1.54) is 37.9 Å². The monoisotopic (exact) mass is 246 g/mol. The molecular weight excluding hydrogens is 220 g/mol. The number of benzene rings is 1. The summed E-state index contributed by atoms with van der Waals surface area (Å²) in [6, 6.07) is 9.12. The standard InChI is InChI=1S/C16H26N2/c1-13(2)12-18(15-9-10-15)11-5-7-14-6-3-4-8-16(14)17/h3-4,6,8,13,15H,5,7,9-12,17H2,1-2H3. The highest BCUT2D eigenvalue weighted by molar-refractivity contribution is 5.46. The molecule has 0 aliphatic heterocycles. The fourth-order valence-corrected chi connectivity index (χ4v) is 2.57. The van der Waals surface area contributed by atoms with E-state index >= 15 is 0 Å². The average molecular weight is 246 g/mol. The maximum absolute atomic E-state index is 5.98. The van der Waals surface area contributed by atoms with E-state index in [9.17, 15) is 0 Å². The summed E-state index contributed by atoms with van der Waals surface area (Å²) in [4.78, 5) is 2.67. The van der Waals surface area contributed by atoms with Crippen LogP contribution in [0.1, 0.15) is 38.7 Å². The van der Waals surface area contributed by atoms with Crippen LogP contribution in [0.2, 0.25) is 0 Å². The number of nitrogens with two attached hydrogens (primary N) is 1. The molecule has 2 nitrogen and oxygen atoms in total. The van der Waals surface area contributed by atoms with E-state index in [4.69, 9.17) is 5.73 Å². The van der Waals surface area contributed by atoms with Crippen LogP contribution in [0.3, 0.4) is 0 Å². The van der Waals surface area contributed by atoms with Crippen molar-refractivity contribution in [3.63, 3.8) is 0 Å². The second-order valence-corrected chi connectivity index (χ2v) is 5.92. The third-order valence-electron chi connectivity index (χ3n) is 3.61. The molecular formula is C16H26N2. The number of hydrogen-bond acceptors (Lipinski definition) is 2. The number of para-hydroxylation sites is 1. The van der Waals surface area contributed by atoms with Gasteiger partial charge in [-0.25, -0.2) is 0 Å². The van der Waals surface area contributed by atoms with Crippen molar-refractivity contribution < 1.29 is 0 Å². The minimum Gasteiger partial charge on any atom is -0.399 e. The molecule has 1 aliphatic carbocycles. The van der Waals surface area contributed by atoms with Crippen LogP contribution in [-0.4, -0.2) is 24.0 Å². The second kappa shape index (κ2) is 6.24. The fourth-order valence-electron chi connectivity index (χ4n) is 2.57. The average Bonchev–Trinajstić information content (AvgIpc) is 3.14. The van der Waals surface area contributed by atoms with E-state index < -0.39 is 0 Å². The van der Waals surface area contributed by atoms with E-state index in [1.807, 2.05) is 12.1 Å². The summed E-state index contributed by atoms with van der Waals surface area (Å²) in [5.74, 6) is 0.771. The van der Waals surface area contributed by atoms with Crippen molar-refractivity contribution in [2.45, 2.75) is 45.6 Å². The molecule has 1 saturated carbocycles. The Morgan fingerprint density at radius 2 is 2.00 bits per heavy atom. The van der Waals surface area contributed by atoms with E-state index in [0.29, 0.717) is 0 Å². The van der Waals surface area contributed by atoms with Crippen LogP contribution in [0.15, 0.2) is 24.3 Å². The zero-order valence-electron chi connectivity index (χ0n) is 11.7. The lowest BCUT2D eigenvalue weighted by Gasteiger charge is -2.24. The topological polar surface area (TPSA) is 29.3 Å². The normalized spacial score (nSPS) is 15.6. The Kier molecular flexibility index (Phi) is 4.65. The zero-order valence-corrected chi connectivity index (χ0v) is 11.7. The molecule has 0 spiro atoms. The molecule has 0 unspecified atom stereocenters. The van der Waals surface area contributed by atoms with Gasteiger partial charge in [0.2, 0.25) is 0 Å². The molecule has 2 heteroatoms. The lowest BCUT2D eigenvalue weighted by Crippen LogP contribution is -2.31. The molecule has 2 rings (SSSR count). The van der Waals surface area contributed by atoms with Gasteiger partial charge < -0.3 is 10.6 Å². The van der Waals surface area contributed by atoms with Gasteiger partial charge in [-0.15, -0.1) is 0 Å². The molecule has 1 aromatic carbocycles. The molecule has 1 aromatic rings. The zero-order chi connectivity index (χ0) is 13.0. The summed E-state index contributed by atoms with van der Waals surface area (Å²) in [5, 5.41) is 0. The van der Waals surface area contributed by atoms with Crippen LogP contribution >= 0.6 is 0 Å². The van der Waals surface area contributed by atoms with E-state index in [0.717, 1.165) is 24.1 Å². The Bertz CT molecular complexity index is 369. The number of rotatable bonds is 7. The highest BCUT2D eigenvalue weighted by Crippen LogP contribution is 2.28. The van der Waals surface area contributed by atoms with E-state index in [2.05, 4.69) is 30.9 Å². The number of anilines is 1. The van der Waals surface area contributed by atoms with Gasteiger partial charge in [-0.1, -0.05) is 32.0 Å². The number of aryl methyl sites for hydroxylation is 1. The first-order valence-corrected chi connectivity index (χ1v) is 7.24. The van der Waals surface area contributed by atoms with Crippen LogP contribution in [0.25, 0.3) is 0 Å². The molecule has 0 atom stereocenters. The van der Waals surface area contributed by atoms with Crippen LogP contribution in [0.5, 0.6) is 0 Å². The highest BCUT2D eigenvalue weighted by Gasteiger charge is 2.28. The van der Waals surface area contributed by atoms with Crippen molar-refractivity contribution in [2.24, 2.45) is 5.92 Å². The van der Waals surface area contributed by atoms with Gasteiger partial charge in [0.15, 0.2) is 0 Å². The maximum atomic E-state index is 5.98. The van der Waals surface area contributed by atoms with Gasteiger partial charge in [0.05, 0.1) is 0 Å². The maximum Gasteiger partial charge on any atom is 0.0346 e. The molecule has 0 radical (unpaired) electrons. The first kappa shape index (κ1) is 13.4. The number of nitrogen functional groups attached to an aromatic ring is 1. The third-order valence-corrected chi connectivity index (χ3v) is 3.61. The van der Waals surface area contributed by atoms with Crippen molar-refractivity contribution in [1.82, 2.24) is 4.90 Å². The van der Waals surface area contributed by atoms with Gasteiger partial charge in [-0.2, -0.15) is 0 Å². The summed E-state index contributed by atoms with van der Waals surface area (Å²) in [6.07, 6.45) is 5.13. The molecule has 100 valence electrons. The predicted molar refractivity (Wildman–Crippen MR) is 78.6 cm³/mol. The largest absolute Gasteiger partial charge is 0.399 e. The number of hydrogen-bond donors (Lipinski definition) is 1. The molecule has 0 saturated heterocycles. The Hall–Kier alpha value is -1.02. The van der Waals surface area contributed by atoms with Crippen molar-refractivity contribution in [2.75, 3.05) is 18.8 Å². The van der Waals surface area contributed by atoms with Crippen LogP contribution in [-0.2, 0) is 6.42 Å². The molecule has 0 heterocycles. The van der Waals surface area contributed by atoms with Crippen LogP contribution in [0.4, 0.5) is 5.69 Å². The van der Waals surface area contributed by atoms with Crippen molar-refractivity contribution in [3.8, 4) is 0 Å². The second-order valence-electron chi connectivity index (χ2n) is 5.92. The Balaban J connectivity index is 1.78. The van der Waals surface area contributed by atoms with Gasteiger partial charge >= 0.3 is 0 Å². The van der Waals surface area contributed by atoms with Crippen LogP contribution < -0.4 is 5.73 Å². The molecule has 18 heavy (non-hydrogen) atoms. The minimum absolute atomic E-state index is 0.771. The number of nitrogens with zero attached hydrogens (tertiary/aromatic N) is 1. The summed E-state index contributed by atoms with van der Waals surface area (Å²) >= 11 is 0. The van der Waals surface area contributed by atoms with Crippen molar-refractivity contribution in [3.05, 3.63) is 29.8 Å². The predicted octanol–water partition coefficient (Wildman–Crippen LogP) is 3.32. The minimum atomic E-state index is 0.771. The fraction of sp³-hybridized carbons (Fsp3) is 0.625. The van der Waals surface area contributed by atoms with Crippen molar-refractivity contribution in [1.29, 1.82) is 0 Å².